The van der Waals surface area contributed by atoms with Gasteiger partial charge in [0.25, 0.3) is 0 Å². The van der Waals surface area contributed by atoms with Crippen LogP contribution in [0.15, 0.2) is 42.9 Å². The van der Waals surface area contributed by atoms with Crippen LogP contribution >= 0.6 is 0 Å². The number of benzene rings is 1. The molecule has 6 rings (SSSR count). The number of ether oxygens (including phenoxy) is 1. The van der Waals surface area contributed by atoms with E-state index in [9.17, 15) is 13.2 Å². The third kappa shape index (κ3) is 6.26. The van der Waals surface area contributed by atoms with Crippen molar-refractivity contribution in [3.05, 3.63) is 65.6 Å². The molecule has 14 heteroatoms. The van der Waals surface area contributed by atoms with Crippen LogP contribution in [0.5, 0.6) is 0 Å². The minimum atomic E-state index is -4.64. The van der Waals surface area contributed by atoms with Crippen molar-refractivity contribution in [1.82, 2.24) is 29.7 Å². The van der Waals surface area contributed by atoms with Crippen LogP contribution in [0, 0.1) is 11.6 Å². The molecule has 0 saturated carbocycles. The van der Waals surface area contributed by atoms with Crippen molar-refractivity contribution < 1.29 is 26.7 Å². The van der Waals surface area contributed by atoms with E-state index in [0.29, 0.717) is 50.4 Å². The van der Waals surface area contributed by atoms with Gasteiger partial charge < -0.3 is 24.8 Å². The summed E-state index contributed by atoms with van der Waals surface area (Å²) in [6.45, 7) is 6.94. The first-order valence-corrected chi connectivity index (χ1v) is 14.0. The number of nitrogens with one attached hydrogen (secondary N) is 2. The number of fused-ring (bicyclic) bond motifs is 1. The van der Waals surface area contributed by atoms with Crippen molar-refractivity contribution in [2.45, 2.75) is 38.7 Å². The lowest BCUT2D eigenvalue weighted by Gasteiger charge is -2.37. The number of hydrogen-bond acceptors (Lipinski definition) is 8. The number of pyridine rings is 1. The fourth-order valence-electron chi connectivity index (χ4n) is 5.66. The van der Waals surface area contributed by atoms with E-state index in [4.69, 9.17) is 4.74 Å². The molecule has 0 aliphatic carbocycles. The second-order valence-corrected chi connectivity index (χ2v) is 11.0. The molecule has 0 radical (unpaired) electrons. The summed E-state index contributed by atoms with van der Waals surface area (Å²) in [7, 11) is 0. The van der Waals surface area contributed by atoms with Gasteiger partial charge in [0.1, 0.15) is 28.7 Å². The monoisotopic (exact) mass is 602 g/mol. The first-order valence-electron chi connectivity index (χ1n) is 14.0. The van der Waals surface area contributed by atoms with E-state index in [0.717, 1.165) is 6.07 Å². The second kappa shape index (κ2) is 11.7. The number of halogens is 5. The maximum absolute atomic E-state index is 15.1. The van der Waals surface area contributed by atoms with E-state index >= 15 is 8.78 Å². The van der Waals surface area contributed by atoms with Gasteiger partial charge in [-0.3, -0.25) is 4.90 Å². The molecule has 2 N–H and O–H groups in total. The molecule has 4 aromatic rings. The number of nitrogens with zero attached hydrogens (tertiary/aromatic N) is 6. The van der Waals surface area contributed by atoms with Crippen LogP contribution in [-0.2, 0) is 17.5 Å². The molecular formula is C29H31F5N8O. The van der Waals surface area contributed by atoms with Crippen molar-refractivity contribution in [2.75, 3.05) is 49.6 Å². The van der Waals surface area contributed by atoms with E-state index in [-0.39, 0.29) is 47.3 Å². The molecular weight excluding hydrogens is 571 g/mol. The number of anilines is 3. The molecule has 9 nitrogen and oxygen atoms in total. The molecule has 2 saturated heterocycles. The van der Waals surface area contributed by atoms with Gasteiger partial charge >= 0.3 is 6.18 Å². The Kier molecular flexibility index (Phi) is 7.92. The fourth-order valence-corrected chi connectivity index (χ4v) is 5.66. The van der Waals surface area contributed by atoms with Crippen LogP contribution in [0.4, 0.5) is 39.4 Å². The Morgan fingerprint density at radius 2 is 1.70 bits per heavy atom. The highest BCUT2D eigenvalue weighted by Crippen LogP contribution is 2.38. The summed E-state index contributed by atoms with van der Waals surface area (Å²) < 4.78 is 79.4. The van der Waals surface area contributed by atoms with Crippen LogP contribution in [0.1, 0.15) is 25.0 Å². The summed E-state index contributed by atoms with van der Waals surface area (Å²) in [5, 5.41) is 6.69. The quantitative estimate of drug-likeness (QED) is 0.303. The number of morpholine rings is 1. The maximum Gasteiger partial charge on any atom is 0.420 e. The third-order valence-electron chi connectivity index (χ3n) is 7.60. The Morgan fingerprint density at radius 3 is 2.37 bits per heavy atom. The lowest BCUT2D eigenvalue weighted by Crippen LogP contribution is -2.54. The van der Waals surface area contributed by atoms with Gasteiger partial charge in [0, 0.05) is 68.2 Å². The smallest absolute Gasteiger partial charge is 0.379 e. The van der Waals surface area contributed by atoms with Gasteiger partial charge in [-0.25, -0.2) is 18.7 Å². The molecule has 43 heavy (non-hydrogen) atoms. The summed E-state index contributed by atoms with van der Waals surface area (Å²) in [5.41, 5.74) is -0.312. The zero-order valence-electron chi connectivity index (χ0n) is 23.6. The molecule has 228 valence electrons. The number of piperazine rings is 1. The normalized spacial score (nSPS) is 20.1. The summed E-state index contributed by atoms with van der Waals surface area (Å²) in [6, 6.07) is 5.16. The standard InChI is InChI=1S/C29H31F5N8O/c1-17-14-41(15-18(2)37-17)27-23(29(32,33)34)9-20(13-35-27)38-28-36-12-19-3-4-42(26(19)39-28)21-10-24(30)22(25(31)11-21)16-40-5-7-43-8-6-40/h3-4,9-13,17-18,37H,5-8,14-16H2,1-2H3,(H,36,38,39)/t17-,18+. The molecule has 5 heterocycles. The van der Waals surface area contributed by atoms with E-state index in [1.165, 1.54) is 29.1 Å². The summed E-state index contributed by atoms with van der Waals surface area (Å²) >= 11 is 0. The van der Waals surface area contributed by atoms with Crippen molar-refractivity contribution in [3.63, 3.8) is 0 Å². The minimum absolute atomic E-state index is 0.00345. The van der Waals surface area contributed by atoms with E-state index in [2.05, 4.69) is 25.6 Å². The van der Waals surface area contributed by atoms with Crippen LogP contribution in [0.2, 0.25) is 0 Å². The summed E-state index contributed by atoms with van der Waals surface area (Å²) in [6.07, 6.45) is -0.241. The lowest BCUT2D eigenvalue weighted by atomic mass is 10.1. The molecule has 0 bridgehead atoms. The zero-order valence-corrected chi connectivity index (χ0v) is 23.6. The van der Waals surface area contributed by atoms with Gasteiger partial charge in [0.05, 0.1) is 30.8 Å². The second-order valence-electron chi connectivity index (χ2n) is 11.0. The van der Waals surface area contributed by atoms with Gasteiger partial charge in [0.15, 0.2) is 0 Å². The predicted octanol–water partition coefficient (Wildman–Crippen LogP) is 4.87. The number of hydrogen-bond donors (Lipinski definition) is 2. The Hall–Kier alpha value is -3.88. The Labute approximate surface area is 244 Å². The van der Waals surface area contributed by atoms with Crippen LogP contribution < -0.4 is 15.5 Å². The van der Waals surface area contributed by atoms with Gasteiger partial charge in [-0.15, -0.1) is 0 Å². The maximum atomic E-state index is 15.1. The average molecular weight is 603 g/mol. The zero-order chi connectivity index (χ0) is 30.3. The van der Waals surface area contributed by atoms with Crippen molar-refractivity contribution in [1.29, 1.82) is 0 Å². The van der Waals surface area contributed by atoms with Crippen molar-refractivity contribution >= 4 is 28.5 Å². The fraction of sp³-hybridized carbons (Fsp3) is 0.414. The lowest BCUT2D eigenvalue weighted by molar-refractivity contribution is -0.137. The molecule has 2 atom stereocenters. The van der Waals surface area contributed by atoms with E-state index in [1.54, 1.807) is 17.2 Å². The van der Waals surface area contributed by atoms with E-state index < -0.39 is 23.4 Å². The molecule has 0 spiro atoms. The van der Waals surface area contributed by atoms with Crippen LogP contribution in [-0.4, -0.2) is 75.9 Å². The van der Waals surface area contributed by atoms with Crippen molar-refractivity contribution in [2.24, 2.45) is 0 Å². The molecule has 0 unspecified atom stereocenters. The van der Waals surface area contributed by atoms with Crippen LogP contribution in [0.25, 0.3) is 16.7 Å². The third-order valence-corrected chi connectivity index (χ3v) is 7.60. The number of aromatic nitrogens is 4. The van der Waals surface area contributed by atoms with Crippen molar-refractivity contribution in [3.8, 4) is 5.69 Å². The Bertz CT molecular complexity index is 1590. The van der Waals surface area contributed by atoms with Gasteiger partial charge in [-0.05, 0) is 38.1 Å². The first-order chi connectivity index (χ1) is 20.5. The largest absolute Gasteiger partial charge is 0.420 e. The first kappa shape index (κ1) is 29.2. The predicted molar refractivity (Wildman–Crippen MR) is 152 cm³/mol. The minimum Gasteiger partial charge on any atom is -0.379 e. The van der Waals surface area contributed by atoms with Gasteiger partial charge in [-0.2, -0.15) is 18.2 Å². The molecule has 3 aromatic heterocycles. The highest BCUT2D eigenvalue weighted by atomic mass is 19.4. The molecule has 2 fully saturated rings. The molecule has 0 amide bonds. The average Bonchev–Trinajstić information content (AvgIpc) is 3.38. The topological polar surface area (TPSA) is 83.4 Å². The highest BCUT2D eigenvalue weighted by molar-refractivity contribution is 5.79. The van der Waals surface area contributed by atoms with Gasteiger partial charge in [0.2, 0.25) is 5.95 Å². The summed E-state index contributed by atoms with van der Waals surface area (Å²) in [4.78, 5) is 16.4. The Morgan fingerprint density at radius 1 is 1.00 bits per heavy atom. The SMILES string of the molecule is C[C@@H]1CN(c2ncc(Nc3ncc4ccn(-c5cc(F)c(CN6CCOCC6)c(F)c5)c4n3)cc2C(F)(F)F)C[C@H](C)N1. The number of alkyl halides is 3. The highest BCUT2D eigenvalue weighted by Gasteiger charge is 2.37. The number of rotatable bonds is 6. The summed E-state index contributed by atoms with van der Waals surface area (Å²) in [5.74, 6) is -1.50. The molecule has 2 aliphatic heterocycles. The molecule has 2 aliphatic rings. The van der Waals surface area contributed by atoms with E-state index in [1.807, 2.05) is 18.7 Å². The van der Waals surface area contributed by atoms with Crippen LogP contribution in [0.3, 0.4) is 0 Å². The molecule has 1 aromatic carbocycles. The van der Waals surface area contributed by atoms with Gasteiger partial charge in [-0.1, -0.05) is 0 Å². The Balaban J connectivity index is 1.28.